The molecule has 3 aliphatic rings. The van der Waals surface area contributed by atoms with Gasteiger partial charge >= 0.3 is 0 Å². The lowest BCUT2D eigenvalue weighted by molar-refractivity contribution is 0.0194. The van der Waals surface area contributed by atoms with Crippen LogP contribution in [0.1, 0.15) is 25.7 Å². The second-order valence-corrected chi connectivity index (χ2v) is 9.27. The first-order valence-electron chi connectivity index (χ1n) is 11.4. The first-order chi connectivity index (χ1) is 15.1. The molecule has 7 nitrogen and oxygen atoms in total. The number of benzene rings is 1. The summed E-state index contributed by atoms with van der Waals surface area (Å²) in [7, 11) is 0. The quantitative estimate of drug-likeness (QED) is 0.756. The molecule has 2 atom stereocenters. The van der Waals surface area contributed by atoms with E-state index in [9.17, 15) is 9.50 Å². The van der Waals surface area contributed by atoms with E-state index < -0.39 is 6.23 Å². The van der Waals surface area contributed by atoms with E-state index in [1.807, 2.05) is 18.2 Å². The van der Waals surface area contributed by atoms with E-state index in [-0.39, 0.29) is 11.2 Å². The molecule has 0 aliphatic carbocycles. The second-order valence-electron chi connectivity index (χ2n) is 9.27. The highest BCUT2D eigenvalue weighted by Crippen LogP contribution is 2.44. The van der Waals surface area contributed by atoms with Crippen LogP contribution in [0.15, 0.2) is 41.1 Å². The zero-order chi connectivity index (χ0) is 21.3. The molecule has 0 amide bonds. The summed E-state index contributed by atoms with van der Waals surface area (Å²) in [5, 5.41) is 18.3. The minimum atomic E-state index is -0.424. The number of aromatic nitrogens is 1. The molecular formula is C23H32FN5O2. The van der Waals surface area contributed by atoms with Crippen LogP contribution in [0, 0.1) is 11.2 Å². The van der Waals surface area contributed by atoms with Gasteiger partial charge in [0.1, 0.15) is 18.3 Å². The smallest absolute Gasteiger partial charge is 0.171 e. The van der Waals surface area contributed by atoms with Crippen molar-refractivity contribution >= 4 is 11.5 Å². The number of aliphatic hydroxyl groups is 1. The SMILES string of the molecule is OC1N[C@@H](CCN2CCN(c3ccc(F)cc3)CC2)CC12CCN(c1ccon1)CC2. The Morgan fingerprint density at radius 3 is 2.45 bits per heavy atom. The molecule has 1 unspecified atom stereocenters. The maximum absolute atomic E-state index is 13.1. The number of halogens is 1. The van der Waals surface area contributed by atoms with Gasteiger partial charge in [-0.2, -0.15) is 0 Å². The number of aliphatic hydroxyl groups excluding tert-OH is 1. The van der Waals surface area contributed by atoms with Crippen LogP contribution in [0.5, 0.6) is 0 Å². The molecule has 5 rings (SSSR count). The van der Waals surface area contributed by atoms with Gasteiger partial charge in [-0.15, -0.1) is 0 Å². The summed E-state index contributed by atoms with van der Waals surface area (Å²) in [4.78, 5) is 7.08. The summed E-state index contributed by atoms with van der Waals surface area (Å²) in [6.07, 6.45) is 5.23. The Labute approximate surface area is 182 Å². The van der Waals surface area contributed by atoms with E-state index in [1.165, 1.54) is 12.1 Å². The largest absolute Gasteiger partial charge is 0.378 e. The van der Waals surface area contributed by atoms with Gasteiger partial charge in [0.15, 0.2) is 5.82 Å². The van der Waals surface area contributed by atoms with Crippen LogP contribution >= 0.6 is 0 Å². The third-order valence-electron chi connectivity index (χ3n) is 7.49. The molecule has 8 heteroatoms. The molecule has 2 N–H and O–H groups in total. The van der Waals surface area contributed by atoms with Gasteiger partial charge in [-0.1, -0.05) is 5.16 Å². The molecule has 0 saturated carbocycles. The fourth-order valence-electron chi connectivity index (χ4n) is 5.49. The standard InChI is InChI=1S/C23H32FN5O2/c24-18-1-3-20(4-2-18)28-14-12-27(13-15-28)9-5-19-17-23(22(30)25-19)7-10-29(11-8-23)21-6-16-31-26-21/h1-4,6,16,19,22,25,30H,5,7-15,17H2/t19-,22?/m0/s1. The van der Waals surface area contributed by atoms with Crippen molar-refractivity contribution in [2.45, 2.75) is 38.0 Å². The fourth-order valence-corrected chi connectivity index (χ4v) is 5.49. The van der Waals surface area contributed by atoms with Gasteiger partial charge in [-0.3, -0.25) is 10.2 Å². The maximum atomic E-state index is 13.1. The Morgan fingerprint density at radius 2 is 1.77 bits per heavy atom. The predicted octanol–water partition coefficient (Wildman–Crippen LogP) is 2.29. The number of hydrogen-bond donors (Lipinski definition) is 2. The summed E-state index contributed by atoms with van der Waals surface area (Å²) in [5.41, 5.74) is 1.08. The average molecular weight is 430 g/mol. The fraction of sp³-hybridized carbons (Fsp3) is 0.609. The molecular weight excluding hydrogens is 397 g/mol. The molecule has 4 heterocycles. The van der Waals surface area contributed by atoms with Crippen LogP contribution in [0.2, 0.25) is 0 Å². The van der Waals surface area contributed by atoms with Gasteiger partial charge in [0.05, 0.1) is 0 Å². The molecule has 1 aromatic carbocycles. The van der Waals surface area contributed by atoms with Crippen molar-refractivity contribution in [3.63, 3.8) is 0 Å². The summed E-state index contributed by atoms with van der Waals surface area (Å²) in [6, 6.07) is 9.06. The minimum Gasteiger partial charge on any atom is -0.378 e. The lowest BCUT2D eigenvalue weighted by Crippen LogP contribution is -2.47. The third-order valence-corrected chi connectivity index (χ3v) is 7.49. The summed E-state index contributed by atoms with van der Waals surface area (Å²) < 4.78 is 18.1. The summed E-state index contributed by atoms with van der Waals surface area (Å²) in [5.74, 6) is 0.710. The Kier molecular flexibility index (Phi) is 5.86. The van der Waals surface area contributed by atoms with E-state index in [4.69, 9.17) is 4.52 Å². The molecule has 168 valence electrons. The lowest BCUT2D eigenvalue weighted by atomic mass is 9.75. The number of rotatable bonds is 5. The Morgan fingerprint density at radius 1 is 1.03 bits per heavy atom. The van der Waals surface area contributed by atoms with Crippen molar-refractivity contribution in [1.82, 2.24) is 15.4 Å². The first-order valence-corrected chi connectivity index (χ1v) is 11.4. The van der Waals surface area contributed by atoms with Crippen molar-refractivity contribution in [2.24, 2.45) is 5.41 Å². The third kappa shape index (κ3) is 4.42. The lowest BCUT2D eigenvalue weighted by Gasteiger charge is -2.41. The van der Waals surface area contributed by atoms with Crippen LogP contribution in [-0.4, -0.2) is 73.2 Å². The van der Waals surface area contributed by atoms with E-state index in [2.05, 4.69) is 25.2 Å². The second kappa shape index (κ2) is 8.76. The number of nitrogens with zero attached hydrogens (tertiary/aromatic N) is 4. The number of hydrogen-bond acceptors (Lipinski definition) is 7. The van der Waals surface area contributed by atoms with Gasteiger partial charge < -0.3 is 19.4 Å². The van der Waals surface area contributed by atoms with Crippen LogP contribution < -0.4 is 15.1 Å². The van der Waals surface area contributed by atoms with Gasteiger partial charge in [-0.25, -0.2) is 4.39 Å². The highest BCUT2D eigenvalue weighted by Gasteiger charge is 2.48. The van der Waals surface area contributed by atoms with Crippen LogP contribution in [0.4, 0.5) is 15.9 Å². The number of piperazine rings is 1. The number of anilines is 2. The molecule has 1 aromatic heterocycles. The van der Waals surface area contributed by atoms with Crippen molar-refractivity contribution in [3.8, 4) is 0 Å². The van der Waals surface area contributed by atoms with E-state index in [1.54, 1.807) is 6.26 Å². The van der Waals surface area contributed by atoms with Crippen molar-refractivity contribution in [3.05, 3.63) is 42.4 Å². The molecule has 2 aromatic rings. The van der Waals surface area contributed by atoms with Gasteiger partial charge in [-0.05, 0) is 56.5 Å². The average Bonchev–Trinajstić information content (AvgIpc) is 3.43. The van der Waals surface area contributed by atoms with Crippen LogP contribution in [0.3, 0.4) is 0 Å². The van der Waals surface area contributed by atoms with Crippen molar-refractivity contribution < 1.29 is 14.0 Å². The number of nitrogens with one attached hydrogen (secondary N) is 1. The van der Waals surface area contributed by atoms with E-state index >= 15 is 0 Å². The summed E-state index contributed by atoms with van der Waals surface area (Å²) in [6.45, 7) is 6.83. The molecule has 3 fully saturated rings. The minimum absolute atomic E-state index is 0.0216. The topological polar surface area (TPSA) is 68.0 Å². The highest BCUT2D eigenvalue weighted by atomic mass is 19.1. The van der Waals surface area contributed by atoms with Crippen LogP contribution in [0.25, 0.3) is 0 Å². The van der Waals surface area contributed by atoms with E-state index in [0.717, 1.165) is 83.0 Å². The molecule has 1 spiro atoms. The zero-order valence-electron chi connectivity index (χ0n) is 17.9. The Balaban J connectivity index is 1.07. The Bertz CT molecular complexity index is 830. The van der Waals surface area contributed by atoms with Crippen molar-refractivity contribution in [1.29, 1.82) is 0 Å². The van der Waals surface area contributed by atoms with Gasteiger partial charge in [0.25, 0.3) is 0 Å². The molecule has 0 radical (unpaired) electrons. The monoisotopic (exact) mass is 429 g/mol. The van der Waals surface area contributed by atoms with Crippen LogP contribution in [-0.2, 0) is 0 Å². The zero-order valence-corrected chi connectivity index (χ0v) is 17.9. The normalized spacial score (nSPS) is 26.6. The summed E-state index contributed by atoms with van der Waals surface area (Å²) >= 11 is 0. The molecule has 3 aliphatic heterocycles. The number of piperidine rings is 1. The predicted molar refractivity (Wildman–Crippen MR) is 118 cm³/mol. The molecule has 3 saturated heterocycles. The molecule has 31 heavy (non-hydrogen) atoms. The van der Waals surface area contributed by atoms with E-state index in [0.29, 0.717) is 6.04 Å². The first kappa shape index (κ1) is 20.7. The maximum Gasteiger partial charge on any atom is 0.171 e. The highest BCUT2D eigenvalue weighted by molar-refractivity contribution is 5.46. The Hall–Kier alpha value is -2.16. The van der Waals surface area contributed by atoms with Crippen molar-refractivity contribution in [2.75, 3.05) is 55.6 Å². The molecule has 0 bridgehead atoms. The van der Waals surface area contributed by atoms with Gasteiger partial charge in [0, 0.05) is 62.5 Å². The van der Waals surface area contributed by atoms with Gasteiger partial charge in [0.2, 0.25) is 0 Å².